The molecule has 0 aliphatic carbocycles. The number of carbonyl (C=O) groups is 1. The van der Waals surface area contributed by atoms with Gasteiger partial charge in [0.1, 0.15) is 6.54 Å². The summed E-state index contributed by atoms with van der Waals surface area (Å²) < 4.78 is 8.01. The number of likely N-dealkylation sites (tertiary alicyclic amines) is 1. The van der Waals surface area contributed by atoms with E-state index in [1.807, 2.05) is 47.2 Å². The summed E-state index contributed by atoms with van der Waals surface area (Å²) in [6.45, 7) is 7.90. The highest BCUT2D eigenvalue weighted by atomic mass is 16.4. The topological polar surface area (TPSA) is 76.2 Å². The van der Waals surface area contributed by atoms with E-state index in [1.54, 1.807) is 0 Å². The Morgan fingerprint density at radius 1 is 1.09 bits per heavy atom. The maximum atomic E-state index is 12.7. The van der Waals surface area contributed by atoms with Crippen LogP contribution in [0.5, 0.6) is 0 Å². The number of piperidine rings is 1. The van der Waals surface area contributed by atoms with Gasteiger partial charge in [-0.15, -0.1) is 10.2 Å². The fourth-order valence-electron chi connectivity index (χ4n) is 4.50. The molecule has 1 fully saturated rings. The van der Waals surface area contributed by atoms with E-state index in [4.69, 9.17) is 4.42 Å². The Kier molecular flexibility index (Phi) is 6.45. The molecule has 176 valence electrons. The zero-order valence-electron chi connectivity index (χ0n) is 19.8. The number of benzene rings is 2. The van der Waals surface area contributed by atoms with Crippen LogP contribution in [-0.4, -0.2) is 38.7 Å². The zero-order valence-corrected chi connectivity index (χ0v) is 19.8. The summed E-state index contributed by atoms with van der Waals surface area (Å²) in [5, 5.41) is 12.7. The highest BCUT2D eigenvalue weighted by Crippen LogP contribution is 2.30. The van der Waals surface area contributed by atoms with Crippen molar-refractivity contribution in [2.45, 2.75) is 46.3 Å². The van der Waals surface area contributed by atoms with E-state index in [0.717, 1.165) is 41.0 Å². The average molecular weight is 458 g/mol. The Morgan fingerprint density at radius 3 is 2.65 bits per heavy atom. The summed E-state index contributed by atoms with van der Waals surface area (Å²) in [7, 11) is 0. The number of hydrogen-bond donors (Lipinski definition) is 1. The maximum Gasteiger partial charge on any atom is 0.249 e. The van der Waals surface area contributed by atoms with E-state index in [2.05, 4.69) is 46.4 Å². The Labute approximate surface area is 199 Å². The minimum absolute atomic E-state index is 0.0431. The molecule has 0 radical (unpaired) electrons. The van der Waals surface area contributed by atoms with E-state index in [-0.39, 0.29) is 12.5 Å². The lowest BCUT2D eigenvalue weighted by molar-refractivity contribution is -0.121. The number of nitrogens with one attached hydrogen (secondary N) is 1. The monoisotopic (exact) mass is 457 g/mol. The van der Waals surface area contributed by atoms with Gasteiger partial charge in [-0.1, -0.05) is 55.0 Å². The minimum Gasteiger partial charge on any atom is -0.419 e. The van der Waals surface area contributed by atoms with Gasteiger partial charge in [-0.3, -0.25) is 9.69 Å². The molecule has 1 aliphatic rings. The highest BCUT2D eigenvalue weighted by molar-refractivity contribution is 5.94. The second-order valence-electron chi connectivity index (χ2n) is 9.41. The van der Waals surface area contributed by atoms with Gasteiger partial charge in [0.05, 0.1) is 12.1 Å². The number of amides is 1. The Hall–Kier alpha value is -3.45. The van der Waals surface area contributed by atoms with Crippen LogP contribution in [0, 0.1) is 12.8 Å². The quantitative estimate of drug-likeness (QED) is 0.441. The van der Waals surface area contributed by atoms with Crippen molar-refractivity contribution in [1.82, 2.24) is 25.0 Å². The van der Waals surface area contributed by atoms with Crippen molar-refractivity contribution in [1.29, 1.82) is 0 Å². The number of para-hydroxylation sites is 1. The molecule has 0 atom stereocenters. The molecule has 4 aromatic rings. The first-order valence-electron chi connectivity index (χ1n) is 12.0. The minimum atomic E-state index is -0.0431. The second-order valence-corrected chi connectivity index (χ2v) is 9.41. The van der Waals surface area contributed by atoms with E-state index in [9.17, 15) is 4.79 Å². The molecule has 1 amide bonds. The fourth-order valence-corrected chi connectivity index (χ4v) is 4.50. The van der Waals surface area contributed by atoms with Crippen LogP contribution in [0.3, 0.4) is 0 Å². The molecule has 1 aliphatic heterocycles. The van der Waals surface area contributed by atoms with Crippen LogP contribution in [0.25, 0.3) is 22.4 Å². The van der Waals surface area contributed by atoms with Crippen molar-refractivity contribution in [3.63, 3.8) is 0 Å². The lowest BCUT2D eigenvalue weighted by atomic mass is 9.99. The summed E-state index contributed by atoms with van der Waals surface area (Å²) in [4.78, 5) is 15.1. The number of fused-ring (bicyclic) bond motifs is 1. The summed E-state index contributed by atoms with van der Waals surface area (Å²) in [5.41, 5.74) is 4.11. The Morgan fingerprint density at radius 2 is 1.85 bits per heavy atom. The van der Waals surface area contributed by atoms with Gasteiger partial charge in [0.25, 0.3) is 0 Å². The second kappa shape index (κ2) is 9.81. The molecular weight excluding hydrogens is 426 g/mol. The van der Waals surface area contributed by atoms with Crippen molar-refractivity contribution in [2.24, 2.45) is 5.92 Å². The first kappa shape index (κ1) is 22.3. The van der Waals surface area contributed by atoms with Gasteiger partial charge in [0.15, 0.2) is 0 Å². The molecule has 0 bridgehead atoms. The third-order valence-corrected chi connectivity index (χ3v) is 6.65. The molecule has 0 unspecified atom stereocenters. The summed E-state index contributed by atoms with van der Waals surface area (Å²) in [5.74, 6) is 1.88. The first-order valence-corrected chi connectivity index (χ1v) is 12.0. The molecule has 3 heterocycles. The van der Waals surface area contributed by atoms with Crippen LogP contribution in [0.4, 0.5) is 0 Å². The molecule has 1 N–H and O–H groups in total. The fraction of sp³-hybridized carbons (Fsp3) is 0.370. The Balaban J connectivity index is 1.30. The molecule has 34 heavy (non-hydrogen) atoms. The van der Waals surface area contributed by atoms with Crippen LogP contribution in [-0.2, 0) is 24.4 Å². The van der Waals surface area contributed by atoms with E-state index < -0.39 is 0 Å². The molecule has 7 heteroatoms. The standard InChI is InChI=1S/C27H31N5O2/c1-19-7-9-21(10-8-19)15-28-25(33)17-32-16-23(22-5-3-4-6-24(22)32)27-30-29-26(34-27)18-31-13-11-20(2)12-14-31/h3-10,16,20H,11-15,17-18H2,1-2H3,(H,28,33). The molecule has 1 saturated heterocycles. The van der Waals surface area contributed by atoms with E-state index in [1.165, 1.54) is 18.4 Å². The SMILES string of the molecule is Cc1ccc(CNC(=O)Cn2cc(-c3nnc(CN4CCC(C)CC4)o3)c3ccccc32)cc1. The van der Waals surface area contributed by atoms with Gasteiger partial charge in [-0.05, 0) is 50.4 Å². The number of hydrogen-bond acceptors (Lipinski definition) is 5. The number of rotatable bonds is 7. The Bertz CT molecular complexity index is 1270. The van der Waals surface area contributed by atoms with Crippen molar-refractivity contribution in [2.75, 3.05) is 13.1 Å². The largest absolute Gasteiger partial charge is 0.419 e. The predicted octanol–water partition coefficient (Wildman–Crippen LogP) is 4.55. The van der Waals surface area contributed by atoms with Crippen molar-refractivity contribution in [3.8, 4) is 11.5 Å². The van der Waals surface area contributed by atoms with Gasteiger partial charge < -0.3 is 14.3 Å². The molecule has 0 spiro atoms. The zero-order chi connectivity index (χ0) is 23.5. The summed E-state index contributed by atoms with van der Waals surface area (Å²) in [6.07, 6.45) is 4.36. The lowest BCUT2D eigenvalue weighted by Crippen LogP contribution is -2.32. The molecular formula is C27H31N5O2. The first-order chi connectivity index (χ1) is 16.5. The number of aryl methyl sites for hydroxylation is 1. The predicted molar refractivity (Wildman–Crippen MR) is 132 cm³/mol. The molecule has 5 rings (SSSR count). The molecule has 7 nitrogen and oxygen atoms in total. The smallest absolute Gasteiger partial charge is 0.249 e. The number of nitrogens with zero attached hydrogens (tertiary/aromatic N) is 4. The van der Waals surface area contributed by atoms with Gasteiger partial charge in [-0.2, -0.15) is 0 Å². The number of aromatic nitrogens is 3. The van der Waals surface area contributed by atoms with Crippen LogP contribution >= 0.6 is 0 Å². The molecule has 2 aromatic heterocycles. The number of carbonyl (C=O) groups excluding carboxylic acids is 1. The summed E-state index contributed by atoms with van der Waals surface area (Å²) >= 11 is 0. The highest BCUT2D eigenvalue weighted by Gasteiger charge is 2.20. The average Bonchev–Trinajstić information content (AvgIpc) is 3.45. The molecule has 2 aromatic carbocycles. The third kappa shape index (κ3) is 5.04. The third-order valence-electron chi connectivity index (χ3n) is 6.65. The van der Waals surface area contributed by atoms with Crippen molar-refractivity contribution in [3.05, 3.63) is 71.7 Å². The maximum absolute atomic E-state index is 12.7. The van der Waals surface area contributed by atoms with Gasteiger partial charge in [0.2, 0.25) is 17.7 Å². The summed E-state index contributed by atoms with van der Waals surface area (Å²) in [6, 6.07) is 16.2. The van der Waals surface area contributed by atoms with E-state index >= 15 is 0 Å². The van der Waals surface area contributed by atoms with Crippen molar-refractivity contribution < 1.29 is 9.21 Å². The normalized spacial score (nSPS) is 15.1. The molecule has 0 saturated carbocycles. The van der Waals surface area contributed by atoms with Gasteiger partial charge in [-0.25, -0.2) is 0 Å². The lowest BCUT2D eigenvalue weighted by Gasteiger charge is -2.28. The van der Waals surface area contributed by atoms with Gasteiger partial charge in [0, 0.05) is 23.6 Å². The van der Waals surface area contributed by atoms with E-state index in [0.29, 0.717) is 24.9 Å². The van der Waals surface area contributed by atoms with Crippen LogP contribution < -0.4 is 5.32 Å². The van der Waals surface area contributed by atoms with Crippen molar-refractivity contribution >= 4 is 16.8 Å². The van der Waals surface area contributed by atoms with Crippen LogP contribution in [0.1, 0.15) is 36.8 Å². The van der Waals surface area contributed by atoms with Gasteiger partial charge >= 0.3 is 0 Å². The van der Waals surface area contributed by atoms with Crippen LogP contribution in [0.2, 0.25) is 0 Å². The van der Waals surface area contributed by atoms with Crippen LogP contribution in [0.15, 0.2) is 59.1 Å².